The van der Waals surface area contributed by atoms with Crippen molar-refractivity contribution in [2.45, 2.75) is 33.3 Å². The Morgan fingerprint density at radius 2 is 1.95 bits per heavy atom. The molecule has 5 nitrogen and oxygen atoms in total. The van der Waals surface area contributed by atoms with Crippen molar-refractivity contribution in [2.24, 2.45) is 0 Å². The van der Waals surface area contributed by atoms with Gasteiger partial charge >= 0.3 is 0 Å². The van der Waals surface area contributed by atoms with Crippen molar-refractivity contribution in [3.05, 3.63) is 24.3 Å². The molecule has 0 saturated carbocycles. The number of ether oxygens (including phenoxy) is 2. The molecule has 0 spiro atoms. The number of nitrogens with zero attached hydrogens (tertiary/aromatic N) is 2. The van der Waals surface area contributed by atoms with Crippen molar-refractivity contribution in [2.75, 3.05) is 25.1 Å². The molecular weight excluding hydrogens is 266 g/mol. The highest BCUT2D eigenvalue weighted by Crippen LogP contribution is 2.23. The van der Waals surface area contributed by atoms with E-state index in [4.69, 9.17) is 9.47 Å². The molecule has 1 N–H and O–H groups in total. The first-order valence-electron chi connectivity index (χ1n) is 7.45. The number of para-hydroxylation sites is 1. The summed E-state index contributed by atoms with van der Waals surface area (Å²) in [6.07, 6.45) is 1.23. The van der Waals surface area contributed by atoms with Crippen LogP contribution in [0.5, 0.6) is 5.88 Å². The maximum atomic E-state index is 5.77. The summed E-state index contributed by atoms with van der Waals surface area (Å²) < 4.78 is 11.3. The Bertz CT molecular complexity index is 572. The summed E-state index contributed by atoms with van der Waals surface area (Å²) >= 11 is 0. The zero-order valence-corrected chi connectivity index (χ0v) is 12.9. The molecule has 114 valence electrons. The van der Waals surface area contributed by atoms with Gasteiger partial charge in [0.05, 0.1) is 23.6 Å². The Morgan fingerprint density at radius 1 is 1.14 bits per heavy atom. The number of nitrogens with one attached hydrogen (secondary N) is 1. The molecule has 5 heteroatoms. The fraction of sp³-hybridized carbons (Fsp3) is 0.500. The van der Waals surface area contributed by atoms with Crippen LogP contribution in [0.3, 0.4) is 0 Å². The second kappa shape index (κ2) is 7.78. The molecule has 0 bridgehead atoms. The third kappa shape index (κ3) is 4.56. The molecule has 0 saturated heterocycles. The minimum Gasteiger partial charge on any atom is -0.475 e. The van der Waals surface area contributed by atoms with E-state index in [9.17, 15) is 0 Å². The Hall–Kier alpha value is -1.88. The monoisotopic (exact) mass is 289 g/mol. The number of hydrogen-bond acceptors (Lipinski definition) is 5. The molecule has 0 unspecified atom stereocenters. The molecule has 21 heavy (non-hydrogen) atoms. The first-order chi connectivity index (χ1) is 10.2. The van der Waals surface area contributed by atoms with E-state index in [0.29, 0.717) is 25.0 Å². The SMILES string of the molecule is CCCNc1nc(OCCOC(C)C)c2ccccc2n1. The highest BCUT2D eigenvalue weighted by molar-refractivity contribution is 5.84. The molecule has 1 heterocycles. The number of hydrogen-bond donors (Lipinski definition) is 1. The van der Waals surface area contributed by atoms with E-state index in [0.717, 1.165) is 23.9 Å². The van der Waals surface area contributed by atoms with E-state index in [2.05, 4.69) is 22.2 Å². The van der Waals surface area contributed by atoms with Gasteiger partial charge in [-0.1, -0.05) is 19.1 Å². The molecule has 1 aromatic carbocycles. The van der Waals surface area contributed by atoms with E-state index in [1.165, 1.54) is 0 Å². The molecule has 1 aromatic heterocycles. The molecule has 2 aromatic rings. The third-order valence-electron chi connectivity index (χ3n) is 2.87. The number of fused-ring (bicyclic) bond motifs is 1. The van der Waals surface area contributed by atoms with Crippen molar-refractivity contribution in [1.82, 2.24) is 9.97 Å². The zero-order chi connectivity index (χ0) is 15.1. The van der Waals surface area contributed by atoms with Gasteiger partial charge in [-0.25, -0.2) is 4.98 Å². The summed E-state index contributed by atoms with van der Waals surface area (Å²) in [5, 5.41) is 4.12. The van der Waals surface area contributed by atoms with Gasteiger partial charge in [0.15, 0.2) is 0 Å². The number of rotatable bonds is 8. The first kappa shape index (κ1) is 15.5. The zero-order valence-electron chi connectivity index (χ0n) is 12.9. The van der Waals surface area contributed by atoms with Crippen molar-refractivity contribution in [1.29, 1.82) is 0 Å². The van der Waals surface area contributed by atoms with Crippen LogP contribution in [0.25, 0.3) is 10.9 Å². The van der Waals surface area contributed by atoms with Crippen LogP contribution >= 0.6 is 0 Å². The maximum Gasteiger partial charge on any atom is 0.226 e. The Labute approximate surface area is 125 Å². The smallest absolute Gasteiger partial charge is 0.226 e. The summed E-state index contributed by atoms with van der Waals surface area (Å²) in [6.45, 7) is 7.99. The lowest BCUT2D eigenvalue weighted by molar-refractivity contribution is 0.0546. The van der Waals surface area contributed by atoms with Crippen LogP contribution in [0, 0.1) is 0 Å². The van der Waals surface area contributed by atoms with Gasteiger partial charge in [0.2, 0.25) is 11.8 Å². The van der Waals surface area contributed by atoms with E-state index in [1.807, 2.05) is 38.1 Å². The van der Waals surface area contributed by atoms with Gasteiger partial charge in [0.1, 0.15) is 6.61 Å². The topological polar surface area (TPSA) is 56.3 Å². The summed E-state index contributed by atoms with van der Waals surface area (Å²) in [6, 6.07) is 7.86. The van der Waals surface area contributed by atoms with Crippen LogP contribution in [0.4, 0.5) is 5.95 Å². The number of anilines is 1. The molecule has 0 amide bonds. The highest BCUT2D eigenvalue weighted by Gasteiger charge is 2.08. The van der Waals surface area contributed by atoms with E-state index < -0.39 is 0 Å². The average Bonchev–Trinajstić information content (AvgIpc) is 2.49. The fourth-order valence-electron chi connectivity index (χ4n) is 1.90. The van der Waals surface area contributed by atoms with Crippen molar-refractivity contribution in [3.8, 4) is 5.88 Å². The number of benzene rings is 1. The molecule has 0 aliphatic heterocycles. The predicted octanol–water partition coefficient (Wildman–Crippen LogP) is 3.26. The molecule has 0 fully saturated rings. The molecule has 0 aliphatic carbocycles. The van der Waals surface area contributed by atoms with Gasteiger partial charge in [0, 0.05) is 6.54 Å². The summed E-state index contributed by atoms with van der Waals surface area (Å²) in [7, 11) is 0. The molecule has 0 radical (unpaired) electrons. The minimum atomic E-state index is 0.206. The predicted molar refractivity (Wildman–Crippen MR) is 84.9 cm³/mol. The van der Waals surface area contributed by atoms with Gasteiger partial charge in [-0.2, -0.15) is 4.98 Å². The van der Waals surface area contributed by atoms with Gasteiger partial charge in [0.25, 0.3) is 0 Å². The lowest BCUT2D eigenvalue weighted by atomic mass is 10.2. The van der Waals surface area contributed by atoms with Crippen LogP contribution < -0.4 is 10.1 Å². The molecule has 2 rings (SSSR count). The third-order valence-corrected chi connectivity index (χ3v) is 2.87. The Balaban J connectivity index is 2.14. The largest absolute Gasteiger partial charge is 0.475 e. The highest BCUT2D eigenvalue weighted by atomic mass is 16.5. The molecule has 0 aliphatic rings. The fourth-order valence-corrected chi connectivity index (χ4v) is 1.90. The summed E-state index contributed by atoms with van der Waals surface area (Å²) in [4.78, 5) is 8.95. The van der Waals surface area contributed by atoms with Crippen molar-refractivity contribution in [3.63, 3.8) is 0 Å². The van der Waals surface area contributed by atoms with Crippen LogP contribution in [0.1, 0.15) is 27.2 Å². The van der Waals surface area contributed by atoms with Crippen LogP contribution in [0.2, 0.25) is 0 Å². The van der Waals surface area contributed by atoms with Gasteiger partial charge in [-0.15, -0.1) is 0 Å². The van der Waals surface area contributed by atoms with Gasteiger partial charge in [-0.05, 0) is 32.4 Å². The van der Waals surface area contributed by atoms with Gasteiger partial charge in [-0.3, -0.25) is 0 Å². The van der Waals surface area contributed by atoms with E-state index in [-0.39, 0.29) is 6.10 Å². The first-order valence-corrected chi connectivity index (χ1v) is 7.45. The van der Waals surface area contributed by atoms with E-state index >= 15 is 0 Å². The Morgan fingerprint density at radius 3 is 2.71 bits per heavy atom. The normalized spacial score (nSPS) is 11.0. The van der Waals surface area contributed by atoms with E-state index in [1.54, 1.807) is 0 Å². The lowest BCUT2D eigenvalue weighted by Gasteiger charge is -2.12. The average molecular weight is 289 g/mol. The van der Waals surface area contributed by atoms with Gasteiger partial charge < -0.3 is 14.8 Å². The maximum absolute atomic E-state index is 5.77. The lowest BCUT2D eigenvalue weighted by Crippen LogP contribution is -2.13. The van der Waals surface area contributed by atoms with Crippen molar-refractivity contribution < 1.29 is 9.47 Å². The molecule has 0 atom stereocenters. The second-order valence-electron chi connectivity index (χ2n) is 5.06. The summed E-state index contributed by atoms with van der Waals surface area (Å²) in [5.41, 5.74) is 0.880. The second-order valence-corrected chi connectivity index (χ2v) is 5.06. The van der Waals surface area contributed by atoms with Crippen LogP contribution in [-0.4, -0.2) is 35.8 Å². The van der Waals surface area contributed by atoms with Crippen LogP contribution in [0.15, 0.2) is 24.3 Å². The number of aromatic nitrogens is 2. The summed E-state index contributed by atoms with van der Waals surface area (Å²) in [5.74, 6) is 1.21. The standard InChI is InChI=1S/C16H23N3O2/c1-4-9-17-16-18-14-8-6-5-7-13(14)15(19-16)21-11-10-20-12(2)3/h5-8,12H,4,9-11H2,1-3H3,(H,17,18,19). The Kier molecular flexibility index (Phi) is 5.75. The van der Waals surface area contributed by atoms with Crippen LogP contribution in [-0.2, 0) is 4.74 Å². The molecular formula is C16H23N3O2. The minimum absolute atomic E-state index is 0.206. The van der Waals surface area contributed by atoms with Crippen molar-refractivity contribution >= 4 is 16.9 Å². The quantitative estimate of drug-likeness (QED) is 0.756.